The van der Waals surface area contributed by atoms with Gasteiger partial charge in [-0.15, -0.1) is 0 Å². The molecule has 92 valence electrons. The van der Waals surface area contributed by atoms with E-state index in [1.165, 1.54) is 0 Å². The zero-order chi connectivity index (χ0) is 13.1. The number of phenolic OH excluding ortho intramolecular Hbond substituents is 1. The first kappa shape index (κ1) is 12.2. The van der Waals surface area contributed by atoms with Crippen LogP contribution in [0.3, 0.4) is 0 Å². The zero-order valence-corrected chi connectivity index (χ0v) is 10.1. The summed E-state index contributed by atoms with van der Waals surface area (Å²) in [7, 11) is 0. The molecule has 3 N–H and O–H groups in total. The summed E-state index contributed by atoms with van der Waals surface area (Å²) in [6.07, 6.45) is 0. The summed E-state index contributed by atoms with van der Waals surface area (Å²) in [6.45, 7) is 1.78. The molecular formula is C15H15NO2. The van der Waals surface area contributed by atoms with Gasteiger partial charge in [-0.05, 0) is 35.7 Å². The molecule has 3 heteroatoms. The predicted molar refractivity (Wildman–Crippen MR) is 71.2 cm³/mol. The lowest BCUT2D eigenvalue weighted by molar-refractivity contribution is -0.119. The van der Waals surface area contributed by atoms with Crippen LogP contribution in [0.4, 0.5) is 0 Å². The average molecular weight is 241 g/mol. The van der Waals surface area contributed by atoms with Gasteiger partial charge in [-0.3, -0.25) is 4.79 Å². The number of benzene rings is 2. The Morgan fingerprint density at radius 2 is 1.89 bits per heavy atom. The topological polar surface area (TPSA) is 63.3 Å². The minimum atomic E-state index is -0.359. The highest BCUT2D eigenvalue weighted by atomic mass is 16.3. The van der Waals surface area contributed by atoms with Crippen LogP contribution in [0.5, 0.6) is 5.75 Å². The highest BCUT2D eigenvalue weighted by Gasteiger charge is 2.16. The molecule has 0 saturated carbocycles. The molecule has 0 aliphatic heterocycles. The van der Waals surface area contributed by atoms with Crippen molar-refractivity contribution in [1.82, 2.24) is 0 Å². The summed E-state index contributed by atoms with van der Waals surface area (Å²) in [4.78, 5) is 11.3. The number of nitrogens with two attached hydrogens (primary N) is 1. The number of primary amides is 1. The first-order valence-corrected chi connectivity index (χ1v) is 5.77. The quantitative estimate of drug-likeness (QED) is 0.867. The summed E-state index contributed by atoms with van der Waals surface area (Å²) < 4.78 is 0. The molecule has 2 aromatic carbocycles. The van der Waals surface area contributed by atoms with Crippen molar-refractivity contribution in [3.8, 4) is 16.9 Å². The number of carbonyl (C=O) groups is 1. The molecule has 0 aliphatic rings. The molecule has 3 nitrogen and oxygen atoms in total. The highest BCUT2D eigenvalue weighted by molar-refractivity contribution is 5.85. The highest BCUT2D eigenvalue weighted by Crippen LogP contribution is 2.30. The molecule has 0 spiro atoms. The standard InChI is InChI=1S/C15H15NO2/c1-10(15(16)18)13-7-2-3-8-14(13)11-5-4-6-12(17)9-11/h2-10,17H,1H3,(H2,16,18). The fourth-order valence-electron chi connectivity index (χ4n) is 1.96. The Morgan fingerprint density at radius 1 is 1.17 bits per heavy atom. The van der Waals surface area contributed by atoms with Crippen LogP contribution in [-0.4, -0.2) is 11.0 Å². The van der Waals surface area contributed by atoms with Crippen molar-refractivity contribution in [2.75, 3.05) is 0 Å². The van der Waals surface area contributed by atoms with E-state index in [2.05, 4.69) is 0 Å². The Labute approximate surface area is 106 Å². The van der Waals surface area contributed by atoms with Gasteiger partial charge in [-0.25, -0.2) is 0 Å². The third-order valence-corrected chi connectivity index (χ3v) is 3.01. The van der Waals surface area contributed by atoms with Crippen molar-refractivity contribution in [2.45, 2.75) is 12.8 Å². The summed E-state index contributed by atoms with van der Waals surface area (Å²) in [5.41, 5.74) is 8.02. The summed E-state index contributed by atoms with van der Waals surface area (Å²) in [6, 6.07) is 14.5. The average Bonchev–Trinajstić information content (AvgIpc) is 2.38. The van der Waals surface area contributed by atoms with Crippen molar-refractivity contribution < 1.29 is 9.90 Å². The Balaban J connectivity index is 2.55. The number of phenols is 1. The number of hydrogen-bond donors (Lipinski definition) is 2. The van der Waals surface area contributed by atoms with E-state index in [0.29, 0.717) is 0 Å². The minimum absolute atomic E-state index is 0.203. The maximum Gasteiger partial charge on any atom is 0.224 e. The van der Waals surface area contributed by atoms with Crippen molar-refractivity contribution in [3.63, 3.8) is 0 Å². The summed E-state index contributed by atoms with van der Waals surface area (Å²) in [5, 5.41) is 9.52. The molecular weight excluding hydrogens is 226 g/mol. The molecule has 2 aromatic rings. The van der Waals surface area contributed by atoms with Gasteiger partial charge in [0.2, 0.25) is 5.91 Å². The Morgan fingerprint density at radius 3 is 2.56 bits per heavy atom. The first-order valence-electron chi connectivity index (χ1n) is 5.77. The van der Waals surface area contributed by atoms with E-state index in [9.17, 15) is 9.90 Å². The van der Waals surface area contributed by atoms with Gasteiger partial charge in [-0.2, -0.15) is 0 Å². The normalized spacial score (nSPS) is 12.1. The largest absolute Gasteiger partial charge is 0.508 e. The summed E-state index contributed by atoms with van der Waals surface area (Å²) in [5.74, 6) is -0.514. The molecule has 2 rings (SSSR count). The van der Waals surface area contributed by atoms with Crippen LogP contribution < -0.4 is 5.73 Å². The van der Waals surface area contributed by atoms with E-state index in [1.54, 1.807) is 25.1 Å². The zero-order valence-electron chi connectivity index (χ0n) is 10.1. The molecule has 0 fully saturated rings. The van der Waals surface area contributed by atoms with Crippen LogP contribution in [0, 0.1) is 0 Å². The second-order valence-electron chi connectivity index (χ2n) is 4.26. The molecule has 0 bridgehead atoms. The number of amides is 1. The van der Waals surface area contributed by atoms with Gasteiger partial charge < -0.3 is 10.8 Å². The van der Waals surface area contributed by atoms with E-state index in [0.717, 1.165) is 16.7 Å². The van der Waals surface area contributed by atoms with Gasteiger partial charge in [0.05, 0.1) is 5.92 Å². The van der Waals surface area contributed by atoms with Gasteiger partial charge in [-0.1, -0.05) is 36.4 Å². The van der Waals surface area contributed by atoms with Crippen molar-refractivity contribution in [3.05, 3.63) is 54.1 Å². The van der Waals surface area contributed by atoms with Gasteiger partial charge >= 0.3 is 0 Å². The van der Waals surface area contributed by atoms with E-state index >= 15 is 0 Å². The molecule has 1 amide bonds. The lowest BCUT2D eigenvalue weighted by Crippen LogP contribution is -2.19. The lowest BCUT2D eigenvalue weighted by Gasteiger charge is -2.14. The van der Waals surface area contributed by atoms with Crippen molar-refractivity contribution in [1.29, 1.82) is 0 Å². The molecule has 1 unspecified atom stereocenters. The van der Waals surface area contributed by atoms with Crippen molar-refractivity contribution >= 4 is 5.91 Å². The molecule has 0 aliphatic carbocycles. The molecule has 18 heavy (non-hydrogen) atoms. The number of aromatic hydroxyl groups is 1. The van der Waals surface area contributed by atoms with E-state index in [1.807, 2.05) is 30.3 Å². The monoisotopic (exact) mass is 241 g/mol. The van der Waals surface area contributed by atoms with Crippen LogP contribution in [0.25, 0.3) is 11.1 Å². The number of rotatable bonds is 3. The molecule has 1 atom stereocenters. The molecule has 0 aromatic heterocycles. The Hall–Kier alpha value is -2.29. The summed E-state index contributed by atoms with van der Waals surface area (Å²) >= 11 is 0. The van der Waals surface area contributed by atoms with Gasteiger partial charge in [0, 0.05) is 0 Å². The molecule has 0 heterocycles. The van der Waals surface area contributed by atoms with Gasteiger partial charge in [0.25, 0.3) is 0 Å². The maximum atomic E-state index is 11.3. The van der Waals surface area contributed by atoms with Gasteiger partial charge in [0.1, 0.15) is 5.75 Å². The van der Waals surface area contributed by atoms with Crippen molar-refractivity contribution in [2.24, 2.45) is 5.73 Å². The number of hydrogen-bond acceptors (Lipinski definition) is 2. The Bertz CT molecular complexity index is 578. The predicted octanol–water partition coefficient (Wildman–Crippen LogP) is 2.65. The first-order chi connectivity index (χ1) is 8.59. The van der Waals surface area contributed by atoms with Crippen LogP contribution in [0.1, 0.15) is 18.4 Å². The SMILES string of the molecule is CC(C(N)=O)c1ccccc1-c1cccc(O)c1. The second-order valence-corrected chi connectivity index (χ2v) is 4.26. The maximum absolute atomic E-state index is 11.3. The van der Waals surface area contributed by atoms with Crippen LogP contribution >= 0.6 is 0 Å². The van der Waals surface area contributed by atoms with Crippen LogP contribution in [-0.2, 0) is 4.79 Å². The van der Waals surface area contributed by atoms with Crippen LogP contribution in [0.15, 0.2) is 48.5 Å². The second kappa shape index (κ2) is 4.92. The Kier molecular flexibility index (Phi) is 3.33. The smallest absolute Gasteiger partial charge is 0.224 e. The van der Waals surface area contributed by atoms with Gasteiger partial charge in [0.15, 0.2) is 0 Å². The molecule has 0 saturated heterocycles. The fourth-order valence-corrected chi connectivity index (χ4v) is 1.96. The fraction of sp³-hybridized carbons (Fsp3) is 0.133. The molecule has 0 radical (unpaired) electrons. The third-order valence-electron chi connectivity index (χ3n) is 3.01. The van der Waals surface area contributed by atoms with E-state index in [4.69, 9.17) is 5.73 Å². The lowest BCUT2D eigenvalue weighted by atomic mass is 9.91. The number of carbonyl (C=O) groups excluding carboxylic acids is 1. The minimum Gasteiger partial charge on any atom is -0.508 e. The van der Waals surface area contributed by atoms with Crippen LogP contribution in [0.2, 0.25) is 0 Å². The third kappa shape index (κ3) is 2.35. The van der Waals surface area contributed by atoms with E-state index in [-0.39, 0.29) is 17.6 Å². The van der Waals surface area contributed by atoms with E-state index < -0.39 is 0 Å².